The van der Waals surface area contributed by atoms with Crippen LogP contribution in [0.3, 0.4) is 0 Å². The molecule has 0 aliphatic carbocycles. The van der Waals surface area contributed by atoms with Crippen molar-refractivity contribution in [3.8, 4) is 17.4 Å². The van der Waals surface area contributed by atoms with Crippen LogP contribution in [0, 0.1) is 11.3 Å². The molecule has 2 heterocycles. The van der Waals surface area contributed by atoms with Crippen molar-refractivity contribution >= 4 is 34.2 Å². The minimum Gasteiger partial charge on any atom is -0.423 e. The first-order chi connectivity index (χ1) is 16.1. The zero-order valence-electron chi connectivity index (χ0n) is 17.7. The molecule has 0 bridgehead atoms. The predicted octanol–water partition coefficient (Wildman–Crippen LogP) is 5.70. The van der Waals surface area contributed by atoms with Gasteiger partial charge in [-0.25, -0.2) is 4.98 Å². The van der Waals surface area contributed by atoms with Gasteiger partial charge in [-0.05, 0) is 42.5 Å². The van der Waals surface area contributed by atoms with Gasteiger partial charge in [-0.15, -0.1) is 0 Å². The number of nitrogens with zero attached hydrogens (tertiary/aromatic N) is 3. The molecular formula is C26H19N5O2. The number of aromatic nitrogens is 2. The van der Waals surface area contributed by atoms with E-state index < -0.39 is 0 Å². The first-order valence-electron chi connectivity index (χ1n) is 10.3. The summed E-state index contributed by atoms with van der Waals surface area (Å²) in [5, 5.41) is 16.2. The Morgan fingerprint density at radius 2 is 1.88 bits per heavy atom. The zero-order valence-corrected chi connectivity index (χ0v) is 17.7. The summed E-state index contributed by atoms with van der Waals surface area (Å²) >= 11 is 0. The molecule has 0 aliphatic heterocycles. The molecule has 7 nitrogen and oxygen atoms in total. The van der Waals surface area contributed by atoms with Crippen molar-refractivity contribution in [2.24, 2.45) is 7.05 Å². The Bertz CT molecular complexity index is 1510. The lowest BCUT2D eigenvalue weighted by Gasteiger charge is -2.06. The summed E-state index contributed by atoms with van der Waals surface area (Å²) in [4.78, 5) is 16.8. The number of fused-ring (bicyclic) bond motifs is 1. The average Bonchev–Trinajstić information content (AvgIpc) is 3.44. The number of anilines is 3. The van der Waals surface area contributed by atoms with Gasteiger partial charge in [0.25, 0.3) is 11.9 Å². The van der Waals surface area contributed by atoms with E-state index in [-0.39, 0.29) is 5.91 Å². The van der Waals surface area contributed by atoms with Crippen molar-refractivity contribution in [1.29, 1.82) is 5.26 Å². The number of amides is 1. The van der Waals surface area contributed by atoms with Crippen molar-refractivity contribution in [1.82, 2.24) is 9.55 Å². The largest absolute Gasteiger partial charge is 0.423 e. The Morgan fingerprint density at radius 1 is 1.03 bits per heavy atom. The van der Waals surface area contributed by atoms with E-state index in [9.17, 15) is 10.1 Å². The topological polar surface area (TPSA) is 95.9 Å². The van der Waals surface area contributed by atoms with Crippen LogP contribution in [0.25, 0.3) is 22.2 Å². The molecule has 7 heteroatoms. The van der Waals surface area contributed by atoms with Crippen LogP contribution in [0.15, 0.2) is 89.6 Å². The third-order valence-electron chi connectivity index (χ3n) is 5.31. The molecule has 2 aromatic heterocycles. The Hall–Kier alpha value is -4.83. The number of hydrogen-bond acceptors (Lipinski definition) is 5. The predicted molar refractivity (Wildman–Crippen MR) is 127 cm³/mol. The summed E-state index contributed by atoms with van der Waals surface area (Å²) < 4.78 is 7.80. The van der Waals surface area contributed by atoms with Crippen molar-refractivity contribution < 1.29 is 9.21 Å². The van der Waals surface area contributed by atoms with Crippen molar-refractivity contribution in [3.05, 3.63) is 96.3 Å². The van der Waals surface area contributed by atoms with Crippen LogP contribution in [0.5, 0.6) is 0 Å². The van der Waals surface area contributed by atoms with Crippen molar-refractivity contribution in [3.63, 3.8) is 0 Å². The van der Waals surface area contributed by atoms with E-state index >= 15 is 0 Å². The van der Waals surface area contributed by atoms with Crippen molar-refractivity contribution in [2.75, 3.05) is 10.6 Å². The highest BCUT2D eigenvalue weighted by molar-refractivity contribution is 6.04. The summed E-state index contributed by atoms with van der Waals surface area (Å²) in [6.07, 6.45) is 3.44. The molecule has 0 atom stereocenters. The summed E-state index contributed by atoms with van der Waals surface area (Å²) in [5.41, 5.74) is 4.41. The van der Waals surface area contributed by atoms with Crippen LogP contribution in [-0.2, 0) is 7.05 Å². The van der Waals surface area contributed by atoms with E-state index in [1.54, 1.807) is 24.5 Å². The minimum atomic E-state index is -0.178. The summed E-state index contributed by atoms with van der Waals surface area (Å²) in [5.74, 6) is 0.392. The fourth-order valence-corrected chi connectivity index (χ4v) is 3.68. The summed E-state index contributed by atoms with van der Waals surface area (Å²) in [6.45, 7) is 0. The van der Waals surface area contributed by atoms with Gasteiger partial charge < -0.3 is 19.6 Å². The fraction of sp³-hybridized carbons (Fsp3) is 0.0385. The number of nitrogens with one attached hydrogen (secondary N) is 2. The van der Waals surface area contributed by atoms with Gasteiger partial charge in [0, 0.05) is 41.1 Å². The summed E-state index contributed by atoms with van der Waals surface area (Å²) in [6, 6.07) is 24.7. The van der Waals surface area contributed by atoms with E-state index in [0.29, 0.717) is 28.6 Å². The fourth-order valence-electron chi connectivity index (χ4n) is 3.68. The molecule has 2 N–H and O–H groups in total. The molecule has 0 unspecified atom stereocenters. The van der Waals surface area contributed by atoms with Gasteiger partial charge in [-0.3, -0.25) is 4.79 Å². The van der Waals surface area contributed by atoms with E-state index in [1.165, 1.54) is 0 Å². The Labute approximate surface area is 189 Å². The molecule has 1 amide bonds. The second-order valence-electron chi connectivity index (χ2n) is 7.55. The molecular weight excluding hydrogens is 414 g/mol. The molecule has 0 saturated carbocycles. The number of rotatable bonds is 5. The second-order valence-corrected chi connectivity index (χ2v) is 7.55. The van der Waals surface area contributed by atoms with Crippen LogP contribution in [-0.4, -0.2) is 15.5 Å². The van der Waals surface area contributed by atoms with Crippen LogP contribution in [0.4, 0.5) is 17.4 Å². The molecule has 5 rings (SSSR count). The molecule has 0 radical (unpaired) electrons. The van der Waals surface area contributed by atoms with Crippen molar-refractivity contribution in [2.45, 2.75) is 0 Å². The third kappa shape index (κ3) is 4.05. The Kier molecular flexibility index (Phi) is 5.09. The van der Waals surface area contributed by atoms with Crippen LogP contribution >= 0.6 is 0 Å². The molecule has 0 fully saturated rings. The lowest BCUT2D eigenvalue weighted by atomic mass is 10.1. The van der Waals surface area contributed by atoms with Crippen LogP contribution < -0.4 is 10.6 Å². The lowest BCUT2D eigenvalue weighted by Crippen LogP contribution is -2.11. The monoisotopic (exact) mass is 433 g/mol. The van der Waals surface area contributed by atoms with Gasteiger partial charge in [0.05, 0.1) is 17.3 Å². The van der Waals surface area contributed by atoms with Crippen LogP contribution in [0.2, 0.25) is 0 Å². The van der Waals surface area contributed by atoms with E-state index in [4.69, 9.17) is 4.42 Å². The number of benzene rings is 3. The van der Waals surface area contributed by atoms with E-state index in [0.717, 1.165) is 22.2 Å². The highest BCUT2D eigenvalue weighted by Crippen LogP contribution is 2.29. The van der Waals surface area contributed by atoms with E-state index in [1.807, 2.05) is 72.3 Å². The SMILES string of the molecule is Cn1cc(C#N)c2ccc(Nc3ncc(-c4cccc(NC(=O)c5ccccc5)c4)o3)cc21. The maximum Gasteiger partial charge on any atom is 0.299 e. The van der Waals surface area contributed by atoms with Gasteiger partial charge in [-0.1, -0.05) is 30.3 Å². The third-order valence-corrected chi connectivity index (χ3v) is 5.31. The maximum atomic E-state index is 12.4. The number of carbonyl (C=O) groups is 1. The van der Waals surface area contributed by atoms with Gasteiger partial charge in [0.2, 0.25) is 0 Å². The van der Waals surface area contributed by atoms with E-state index in [2.05, 4.69) is 21.7 Å². The highest BCUT2D eigenvalue weighted by Gasteiger charge is 2.11. The lowest BCUT2D eigenvalue weighted by molar-refractivity contribution is 0.102. The zero-order chi connectivity index (χ0) is 22.8. The normalized spacial score (nSPS) is 10.7. The number of oxazole rings is 1. The molecule has 0 saturated heterocycles. The smallest absolute Gasteiger partial charge is 0.299 e. The first-order valence-corrected chi connectivity index (χ1v) is 10.3. The standard InChI is InChI=1S/C26H19N5O2/c1-31-16-19(14-27)22-11-10-21(13-23(22)31)30-26-28-15-24(33-26)18-8-5-9-20(12-18)29-25(32)17-6-3-2-4-7-17/h2-13,15-16H,1H3,(H,28,30)(H,29,32). The molecule has 5 aromatic rings. The van der Waals surface area contributed by atoms with Gasteiger partial charge in [-0.2, -0.15) is 5.26 Å². The minimum absolute atomic E-state index is 0.178. The number of carbonyl (C=O) groups excluding carboxylic acids is 1. The van der Waals surface area contributed by atoms with Gasteiger partial charge in [0.15, 0.2) is 5.76 Å². The first kappa shape index (κ1) is 20.1. The maximum absolute atomic E-state index is 12.4. The molecule has 160 valence electrons. The quantitative estimate of drug-likeness (QED) is 0.371. The van der Waals surface area contributed by atoms with Gasteiger partial charge >= 0.3 is 0 Å². The highest BCUT2D eigenvalue weighted by atomic mass is 16.4. The Balaban J connectivity index is 1.34. The number of aryl methyl sites for hydroxylation is 1. The average molecular weight is 433 g/mol. The Morgan fingerprint density at radius 3 is 2.70 bits per heavy atom. The molecule has 33 heavy (non-hydrogen) atoms. The van der Waals surface area contributed by atoms with Crippen LogP contribution in [0.1, 0.15) is 15.9 Å². The van der Waals surface area contributed by atoms with Gasteiger partial charge in [0.1, 0.15) is 6.07 Å². The second kappa shape index (κ2) is 8.36. The summed E-state index contributed by atoms with van der Waals surface area (Å²) in [7, 11) is 1.90. The molecule has 0 spiro atoms. The number of nitriles is 1. The molecule has 3 aromatic carbocycles. The molecule has 0 aliphatic rings. The number of hydrogen-bond donors (Lipinski definition) is 2.